The van der Waals surface area contributed by atoms with Crippen molar-refractivity contribution >= 4 is 11.9 Å². The van der Waals surface area contributed by atoms with Crippen molar-refractivity contribution in [3.05, 3.63) is 36.5 Å². The van der Waals surface area contributed by atoms with Crippen LogP contribution < -0.4 is 5.32 Å². The Morgan fingerprint density at radius 3 is 0.987 bits per heavy atom. The highest BCUT2D eigenvalue weighted by atomic mass is 16.5. The second kappa shape index (κ2) is 67.6. The van der Waals surface area contributed by atoms with Gasteiger partial charge in [-0.05, 0) is 83.5 Å². The maximum Gasteiger partial charge on any atom is 0.305 e. The van der Waals surface area contributed by atoms with Crippen LogP contribution in [-0.2, 0) is 14.3 Å². The number of ether oxygens (including phenoxy) is 1. The topological polar surface area (TPSA) is 95.9 Å². The van der Waals surface area contributed by atoms with Crippen molar-refractivity contribution < 1.29 is 24.5 Å². The Morgan fingerprint density at radius 1 is 0.359 bits per heavy atom. The Kier molecular flexibility index (Phi) is 65.9. The molecule has 0 bridgehead atoms. The summed E-state index contributed by atoms with van der Waals surface area (Å²) < 4.78 is 5.48. The van der Waals surface area contributed by atoms with Crippen LogP contribution >= 0.6 is 0 Å². The van der Waals surface area contributed by atoms with E-state index in [9.17, 15) is 19.8 Å². The molecule has 2 unspecified atom stereocenters. The van der Waals surface area contributed by atoms with Crippen molar-refractivity contribution in [3.63, 3.8) is 0 Å². The molecule has 460 valence electrons. The number of esters is 1. The van der Waals surface area contributed by atoms with Crippen molar-refractivity contribution in [1.29, 1.82) is 0 Å². The maximum absolute atomic E-state index is 12.5. The van der Waals surface area contributed by atoms with Gasteiger partial charge in [0.15, 0.2) is 0 Å². The molecule has 0 fully saturated rings. The fraction of sp³-hybridized carbons (Fsp3) is 0.889. The first-order valence-corrected chi connectivity index (χ1v) is 35.2. The van der Waals surface area contributed by atoms with Crippen LogP contribution in [0, 0.1) is 0 Å². The number of hydrogen-bond acceptors (Lipinski definition) is 5. The van der Waals surface area contributed by atoms with Crippen LogP contribution in [0.4, 0.5) is 0 Å². The van der Waals surface area contributed by atoms with Gasteiger partial charge in [-0.2, -0.15) is 0 Å². The third-order valence-corrected chi connectivity index (χ3v) is 16.4. The average Bonchev–Trinajstić information content (AvgIpc) is 3.44. The van der Waals surface area contributed by atoms with Crippen LogP contribution in [0.1, 0.15) is 386 Å². The fourth-order valence-corrected chi connectivity index (χ4v) is 11.0. The number of allylic oxidation sites excluding steroid dienone is 6. The van der Waals surface area contributed by atoms with Crippen LogP contribution in [0.3, 0.4) is 0 Å². The van der Waals surface area contributed by atoms with Gasteiger partial charge in [-0.3, -0.25) is 9.59 Å². The molecule has 0 saturated heterocycles. The van der Waals surface area contributed by atoms with Gasteiger partial charge >= 0.3 is 5.97 Å². The molecule has 0 aliphatic heterocycles. The summed E-state index contributed by atoms with van der Waals surface area (Å²) in [5, 5.41) is 23.4. The lowest BCUT2D eigenvalue weighted by atomic mass is 10.0. The minimum Gasteiger partial charge on any atom is -0.466 e. The molecule has 0 aromatic carbocycles. The molecule has 0 saturated carbocycles. The number of aliphatic hydroxyl groups is 2. The zero-order valence-corrected chi connectivity index (χ0v) is 52.7. The first kappa shape index (κ1) is 76.1. The Bertz CT molecular complexity index is 1260. The molecule has 0 aromatic heterocycles. The van der Waals surface area contributed by atoms with E-state index in [1.807, 2.05) is 0 Å². The molecule has 0 heterocycles. The van der Waals surface area contributed by atoms with Crippen LogP contribution in [0.15, 0.2) is 36.5 Å². The molecule has 0 rings (SSSR count). The van der Waals surface area contributed by atoms with Crippen molar-refractivity contribution in [1.82, 2.24) is 5.32 Å². The minimum atomic E-state index is -0.666. The smallest absolute Gasteiger partial charge is 0.305 e. The van der Waals surface area contributed by atoms with Crippen molar-refractivity contribution in [2.45, 2.75) is 398 Å². The van der Waals surface area contributed by atoms with Gasteiger partial charge < -0.3 is 20.3 Å². The van der Waals surface area contributed by atoms with E-state index >= 15 is 0 Å². The summed E-state index contributed by atoms with van der Waals surface area (Å²) in [5.74, 6) is -0.0289. The van der Waals surface area contributed by atoms with Gasteiger partial charge in [0.2, 0.25) is 5.91 Å². The lowest BCUT2D eigenvalue weighted by molar-refractivity contribution is -0.143. The molecule has 78 heavy (non-hydrogen) atoms. The third-order valence-electron chi connectivity index (χ3n) is 16.4. The number of aliphatic hydroxyl groups excluding tert-OH is 2. The third kappa shape index (κ3) is 63.3. The molecular weight excluding hydrogens is 959 g/mol. The van der Waals surface area contributed by atoms with E-state index in [0.29, 0.717) is 25.9 Å². The molecule has 6 nitrogen and oxygen atoms in total. The van der Waals surface area contributed by atoms with E-state index in [1.54, 1.807) is 0 Å². The van der Waals surface area contributed by atoms with Gasteiger partial charge in [-0.15, -0.1) is 0 Å². The van der Waals surface area contributed by atoms with E-state index in [1.165, 1.54) is 302 Å². The van der Waals surface area contributed by atoms with E-state index < -0.39 is 12.1 Å². The molecule has 0 spiro atoms. The highest BCUT2D eigenvalue weighted by Crippen LogP contribution is 2.18. The molecule has 2 atom stereocenters. The standard InChI is InChI=1S/C72H137NO5/c1-3-5-7-9-11-13-15-17-19-20-34-37-40-44-48-52-56-60-64-70(75)69(68-74)73-71(76)65-61-57-53-49-45-41-38-35-32-30-28-26-24-22-21-23-25-27-29-31-33-36-39-43-47-51-55-59-63-67-78-72(77)66-62-58-54-50-46-42-18-16-14-12-10-8-6-4-2/h16,18,21,23,27,29,69-70,74-75H,3-15,17,19-20,22,24-26,28,30-68H2,1-2H3,(H,73,76)/b18-16-,23-21-,29-27-. The summed E-state index contributed by atoms with van der Waals surface area (Å²) in [7, 11) is 0. The molecule has 0 aliphatic rings. The van der Waals surface area contributed by atoms with E-state index in [0.717, 1.165) is 51.4 Å². The molecule has 6 heteroatoms. The van der Waals surface area contributed by atoms with Gasteiger partial charge in [0.25, 0.3) is 0 Å². The predicted octanol–water partition coefficient (Wildman–Crippen LogP) is 22.7. The van der Waals surface area contributed by atoms with Gasteiger partial charge in [0.05, 0.1) is 25.4 Å². The number of carbonyl (C=O) groups is 2. The van der Waals surface area contributed by atoms with E-state index in [-0.39, 0.29) is 18.5 Å². The number of rotatable bonds is 66. The average molecular weight is 1100 g/mol. The number of carbonyl (C=O) groups excluding carboxylic acids is 2. The Morgan fingerprint density at radius 2 is 0.641 bits per heavy atom. The SMILES string of the molecule is CCCCCCC/C=C\CCCCCCCC(=O)OCCCCCCCCCCC/C=C\C/C=C\CCCCCCCCCCCCCCCC(=O)NC(CO)C(O)CCCCCCCCCCCCCCCCCCCC. The van der Waals surface area contributed by atoms with E-state index in [4.69, 9.17) is 4.74 Å². The number of hydrogen-bond donors (Lipinski definition) is 3. The zero-order valence-electron chi connectivity index (χ0n) is 52.7. The van der Waals surface area contributed by atoms with Crippen LogP contribution in [0.25, 0.3) is 0 Å². The Hall–Kier alpha value is -1.92. The number of unbranched alkanes of at least 4 members (excludes halogenated alkanes) is 49. The molecule has 0 radical (unpaired) electrons. The highest BCUT2D eigenvalue weighted by Gasteiger charge is 2.20. The predicted molar refractivity (Wildman–Crippen MR) is 343 cm³/mol. The lowest BCUT2D eigenvalue weighted by Crippen LogP contribution is -2.45. The van der Waals surface area contributed by atoms with Crippen LogP contribution in [0.5, 0.6) is 0 Å². The summed E-state index contributed by atoms with van der Waals surface area (Å²) >= 11 is 0. The molecule has 1 amide bonds. The first-order chi connectivity index (χ1) is 38.5. The molecule has 3 N–H and O–H groups in total. The maximum atomic E-state index is 12.5. The van der Waals surface area contributed by atoms with E-state index in [2.05, 4.69) is 55.6 Å². The second-order valence-electron chi connectivity index (χ2n) is 24.2. The van der Waals surface area contributed by atoms with Gasteiger partial charge in [0.1, 0.15) is 0 Å². The summed E-state index contributed by atoms with van der Waals surface area (Å²) in [6, 6.07) is -0.543. The molecule has 0 aromatic rings. The van der Waals surface area contributed by atoms with Crippen molar-refractivity contribution in [2.75, 3.05) is 13.2 Å². The lowest BCUT2D eigenvalue weighted by Gasteiger charge is -2.22. The second-order valence-corrected chi connectivity index (χ2v) is 24.2. The summed E-state index contributed by atoms with van der Waals surface area (Å²) in [6.07, 6.45) is 86.2. The van der Waals surface area contributed by atoms with Gasteiger partial charge in [0, 0.05) is 12.8 Å². The van der Waals surface area contributed by atoms with Crippen molar-refractivity contribution in [3.8, 4) is 0 Å². The largest absolute Gasteiger partial charge is 0.466 e. The molecule has 0 aliphatic carbocycles. The zero-order chi connectivity index (χ0) is 56.4. The van der Waals surface area contributed by atoms with Crippen LogP contribution in [-0.4, -0.2) is 47.4 Å². The summed E-state index contributed by atoms with van der Waals surface area (Å²) in [6.45, 7) is 4.97. The van der Waals surface area contributed by atoms with Gasteiger partial charge in [-0.1, -0.05) is 326 Å². The fourth-order valence-electron chi connectivity index (χ4n) is 11.0. The quantitative estimate of drug-likeness (QED) is 0.0320. The van der Waals surface area contributed by atoms with Gasteiger partial charge in [-0.25, -0.2) is 0 Å². The number of nitrogens with one attached hydrogen (secondary N) is 1. The summed E-state index contributed by atoms with van der Waals surface area (Å²) in [5.41, 5.74) is 0. The molecular formula is C72H137NO5. The van der Waals surface area contributed by atoms with Crippen LogP contribution in [0.2, 0.25) is 0 Å². The first-order valence-electron chi connectivity index (χ1n) is 35.2. The Balaban J connectivity index is 3.41. The van der Waals surface area contributed by atoms with Crippen molar-refractivity contribution in [2.24, 2.45) is 0 Å². The Labute approximate surface area is 487 Å². The highest BCUT2D eigenvalue weighted by molar-refractivity contribution is 5.76. The normalized spacial score (nSPS) is 12.7. The monoisotopic (exact) mass is 1100 g/mol. The number of amides is 1. The minimum absolute atomic E-state index is 0.00384. The summed E-state index contributed by atoms with van der Waals surface area (Å²) in [4.78, 5) is 24.6.